The molecule has 2 saturated heterocycles. The Hall–Kier alpha value is -4.20. The number of hydrogen-bond acceptors (Lipinski definition) is 22. The number of carbonyl (C=O) groups excluding carboxylic acids is 5. The minimum Gasteiger partial charge on any atom is -0.462 e. The van der Waals surface area contributed by atoms with E-state index in [1.54, 1.807) is 0 Å². The maximum Gasteiger partial charge on any atom is 0.483 e. The van der Waals surface area contributed by atoms with E-state index in [-0.39, 0.29) is 11.2 Å². The van der Waals surface area contributed by atoms with Crippen LogP contribution in [-0.4, -0.2) is 138 Å². The van der Waals surface area contributed by atoms with Crippen LogP contribution in [0, 0.1) is 0 Å². The van der Waals surface area contributed by atoms with Crippen molar-refractivity contribution in [3.63, 3.8) is 0 Å². The Labute approximate surface area is 308 Å². The molecule has 2 aromatic heterocycles. The van der Waals surface area contributed by atoms with E-state index in [2.05, 4.69) is 19.3 Å². The summed E-state index contributed by atoms with van der Waals surface area (Å²) in [6, 6.07) is 0. The molecule has 4 rings (SSSR count). The molecule has 0 radical (unpaired) electrons. The highest BCUT2D eigenvalue weighted by atomic mass is 31.3. The third-order valence-electron chi connectivity index (χ3n) is 7.39. The van der Waals surface area contributed by atoms with E-state index in [0.717, 1.165) is 51.8 Å². The SMILES string of the molecule is CC(=O)OC[C@@H](OC(C)=O)C1O[C@@H](OP(=O)(O)OP(=O)(O)OC[C@H]2O[C@@H](n3cnc4c(=O)[nH]cnc43)C(O)C2O)C(OC(C)=O)C(OC(C)=O)[C@@H]1OC(C)=O. The molecule has 5 N–H and O–H groups in total. The first kappa shape index (κ1) is 43.5. The van der Waals surface area contributed by atoms with Crippen LogP contribution in [-0.2, 0) is 79.6 Å². The van der Waals surface area contributed by atoms with E-state index in [1.165, 1.54) is 0 Å². The molecule has 28 heteroatoms. The zero-order valence-corrected chi connectivity index (χ0v) is 31.0. The van der Waals surface area contributed by atoms with Gasteiger partial charge in [-0.05, 0) is 0 Å². The molecule has 0 saturated carbocycles. The first-order valence-electron chi connectivity index (χ1n) is 15.7. The molecular formula is C27H36N4O22P2. The summed E-state index contributed by atoms with van der Waals surface area (Å²) in [5, 5.41) is 21.2. The molecule has 2 aromatic rings. The van der Waals surface area contributed by atoms with Crippen LogP contribution in [0.2, 0.25) is 0 Å². The van der Waals surface area contributed by atoms with E-state index in [9.17, 15) is 57.9 Å². The Morgan fingerprint density at radius 1 is 0.855 bits per heavy atom. The van der Waals surface area contributed by atoms with Crippen molar-refractivity contribution in [3.8, 4) is 0 Å². The van der Waals surface area contributed by atoms with Crippen molar-refractivity contribution < 1.29 is 99.6 Å². The lowest BCUT2D eigenvalue weighted by Crippen LogP contribution is -2.65. The second kappa shape index (κ2) is 17.7. The standard InChI is InChI=1S/C27H36N4O22P2/c1-10(32)44-6-16(46-11(2)33)20-21(47-12(3)34)22(48-13(4)35)23(49-14(5)36)27(51-20)52-55(42,43)53-54(40,41)45-7-15-18(37)19(38)26(50-15)31-9-30-17-24(31)28-8-29-25(17)39/h8-9,15-16,18-23,26-27,37-38H,6-7H2,1-5H3,(H,40,41)(H,42,43)(H,28,29,39)/t15-,16-,18?,19?,20?,21-,22?,23?,26-,27+/m1/s1. The number of carbonyl (C=O) groups is 5. The van der Waals surface area contributed by atoms with E-state index >= 15 is 0 Å². The molecule has 306 valence electrons. The van der Waals surface area contributed by atoms with Crippen LogP contribution < -0.4 is 5.56 Å². The Kier molecular flexibility index (Phi) is 14.0. The number of phosphoric ester groups is 2. The number of aliphatic hydroxyl groups is 2. The number of fused-ring (bicyclic) bond motifs is 1. The minimum absolute atomic E-state index is 0.0593. The molecule has 0 spiro atoms. The van der Waals surface area contributed by atoms with Gasteiger partial charge in [0.1, 0.15) is 31.0 Å². The van der Waals surface area contributed by atoms with E-state index in [1.807, 2.05) is 0 Å². The topological polar surface area (TPSA) is 356 Å². The number of phosphoric acid groups is 2. The van der Waals surface area contributed by atoms with Gasteiger partial charge in [-0.1, -0.05) is 0 Å². The summed E-state index contributed by atoms with van der Waals surface area (Å²) in [7, 11) is -11.7. The molecule has 2 fully saturated rings. The minimum atomic E-state index is -5.96. The quantitative estimate of drug-likeness (QED) is 0.0736. The maximum absolute atomic E-state index is 13.2. The van der Waals surface area contributed by atoms with Gasteiger partial charge in [-0.2, -0.15) is 4.31 Å². The number of hydrogen-bond donors (Lipinski definition) is 5. The van der Waals surface area contributed by atoms with Crippen molar-refractivity contribution in [1.29, 1.82) is 0 Å². The predicted molar refractivity (Wildman–Crippen MR) is 169 cm³/mol. The first-order chi connectivity index (χ1) is 25.6. The lowest BCUT2D eigenvalue weighted by atomic mass is 9.94. The lowest BCUT2D eigenvalue weighted by molar-refractivity contribution is -0.301. The molecule has 12 atom stereocenters. The van der Waals surface area contributed by atoms with Gasteiger partial charge in [-0.15, -0.1) is 0 Å². The predicted octanol–water partition coefficient (Wildman–Crippen LogP) is -2.00. The van der Waals surface area contributed by atoms with Gasteiger partial charge in [0.05, 0.1) is 19.3 Å². The molecule has 2 aliphatic heterocycles. The molecule has 2 aliphatic rings. The zero-order chi connectivity index (χ0) is 41.0. The number of aliphatic hydroxyl groups excluding tert-OH is 2. The number of ether oxygens (including phenoxy) is 7. The van der Waals surface area contributed by atoms with Crippen molar-refractivity contribution >= 4 is 56.7 Å². The van der Waals surface area contributed by atoms with Gasteiger partial charge < -0.3 is 58.1 Å². The summed E-state index contributed by atoms with van der Waals surface area (Å²) in [5.41, 5.74) is -0.830. The van der Waals surface area contributed by atoms with E-state index in [4.69, 9.17) is 42.2 Å². The van der Waals surface area contributed by atoms with E-state index < -0.39 is 126 Å². The van der Waals surface area contributed by atoms with Crippen LogP contribution in [0.15, 0.2) is 17.4 Å². The largest absolute Gasteiger partial charge is 0.483 e. The molecule has 7 unspecified atom stereocenters. The molecule has 0 amide bonds. The normalized spacial score (nSPS) is 29.3. The van der Waals surface area contributed by atoms with Gasteiger partial charge >= 0.3 is 45.5 Å². The maximum atomic E-state index is 13.2. The van der Waals surface area contributed by atoms with Gasteiger partial charge in [0, 0.05) is 34.6 Å². The molecular weight excluding hydrogens is 794 g/mol. The Morgan fingerprint density at radius 2 is 1.47 bits per heavy atom. The van der Waals surface area contributed by atoms with Crippen molar-refractivity contribution in [3.05, 3.63) is 23.0 Å². The molecule has 0 aliphatic carbocycles. The highest BCUT2D eigenvalue weighted by molar-refractivity contribution is 7.61. The van der Waals surface area contributed by atoms with Crippen LogP contribution in [0.25, 0.3) is 11.2 Å². The summed E-state index contributed by atoms with van der Waals surface area (Å²) < 4.78 is 78.1. The van der Waals surface area contributed by atoms with Crippen LogP contribution >= 0.6 is 15.6 Å². The Balaban J connectivity index is 1.57. The molecule has 55 heavy (non-hydrogen) atoms. The van der Waals surface area contributed by atoms with Crippen LogP contribution in [0.4, 0.5) is 0 Å². The lowest BCUT2D eigenvalue weighted by Gasteiger charge is -2.45. The van der Waals surface area contributed by atoms with Crippen molar-refractivity contribution in [2.45, 2.75) is 96.0 Å². The van der Waals surface area contributed by atoms with Crippen molar-refractivity contribution in [1.82, 2.24) is 19.5 Å². The summed E-state index contributed by atoms with van der Waals surface area (Å²) in [6.45, 7) is 2.64. The zero-order valence-electron chi connectivity index (χ0n) is 29.2. The fourth-order valence-electron chi connectivity index (χ4n) is 5.41. The van der Waals surface area contributed by atoms with Crippen LogP contribution in [0.1, 0.15) is 40.8 Å². The number of imidazole rings is 1. The first-order valence-corrected chi connectivity index (χ1v) is 18.7. The summed E-state index contributed by atoms with van der Waals surface area (Å²) in [6.07, 6.45) is -16.6. The van der Waals surface area contributed by atoms with E-state index in [0.29, 0.717) is 0 Å². The second-order valence-corrected chi connectivity index (χ2v) is 14.7. The number of nitrogens with one attached hydrogen (secondary N) is 1. The Morgan fingerprint density at radius 3 is 2.07 bits per heavy atom. The molecule has 4 heterocycles. The average molecular weight is 831 g/mol. The Bertz CT molecular complexity index is 1920. The fraction of sp³-hybridized carbons (Fsp3) is 0.630. The summed E-state index contributed by atoms with van der Waals surface area (Å²) in [5.74, 6) is -5.21. The number of H-pyrrole nitrogens is 1. The third-order valence-corrected chi connectivity index (χ3v) is 9.99. The van der Waals surface area contributed by atoms with Crippen LogP contribution in [0.5, 0.6) is 0 Å². The van der Waals surface area contributed by atoms with Crippen molar-refractivity contribution in [2.75, 3.05) is 13.2 Å². The van der Waals surface area contributed by atoms with Crippen LogP contribution in [0.3, 0.4) is 0 Å². The second-order valence-electron chi connectivity index (χ2n) is 11.7. The number of esters is 5. The molecule has 26 nitrogen and oxygen atoms in total. The highest BCUT2D eigenvalue weighted by Crippen LogP contribution is 2.61. The van der Waals surface area contributed by atoms with Gasteiger partial charge in [-0.25, -0.2) is 19.1 Å². The smallest absolute Gasteiger partial charge is 0.462 e. The van der Waals surface area contributed by atoms with Gasteiger partial charge in [-0.3, -0.25) is 42.4 Å². The molecule has 0 bridgehead atoms. The monoisotopic (exact) mass is 830 g/mol. The van der Waals surface area contributed by atoms with Gasteiger partial charge in [0.2, 0.25) is 6.29 Å². The number of nitrogens with zero attached hydrogens (tertiary/aromatic N) is 3. The summed E-state index contributed by atoms with van der Waals surface area (Å²) in [4.78, 5) is 103. The van der Waals surface area contributed by atoms with Gasteiger partial charge in [0.25, 0.3) is 5.56 Å². The number of aromatic nitrogens is 4. The fourth-order valence-corrected chi connectivity index (χ4v) is 7.57. The highest BCUT2D eigenvalue weighted by Gasteiger charge is 2.57. The number of rotatable bonds is 15. The average Bonchev–Trinajstić information content (AvgIpc) is 3.60. The molecule has 0 aromatic carbocycles. The summed E-state index contributed by atoms with van der Waals surface area (Å²) >= 11 is 0. The number of aromatic amines is 1. The van der Waals surface area contributed by atoms with Crippen molar-refractivity contribution in [2.24, 2.45) is 0 Å². The third kappa shape index (κ3) is 11.2. The van der Waals surface area contributed by atoms with Gasteiger partial charge in [0.15, 0.2) is 41.8 Å².